The predicted octanol–water partition coefficient (Wildman–Crippen LogP) is 2.63. The number of pyridine rings is 2. The molecule has 158 valence electrons. The number of hydrogen-bond donors (Lipinski definition) is 0. The lowest BCUT2D eigenvalue weighted by Gasteiger charge is -2.15. The van der Waals surface area contributed by atoms with E-state index in [-0.39, 0.29) is 34.5 Å². The van der Waals surface area contributed by atoms with Crippen LogP contribution in [0.15, 0.2) is 59.2 Å². The summed E-state index contributed by atoms with van der Waals surface area (Å²) in [6.07, 6.45) is 6.05. The zero-order valence-electron chi connectivity index (χ0n) is 17.7. The number of fused-ring (bicyclic) bond motifs is 2. The van der Waals surface area contributed by atoms with E-state index in [0.717, 1.165) is 5.56 Å². The Hall–Kier alpha value is -3.99. The van der Waals surface area contributed by atoms with Crippen LogP contribution in [0.2, 0.25) is 0 Å². The van der Waals surface area contributed by atoms with Crippen LogP contribution in [-0.2, 0) is 16.1 Å². The Labute approximate surface area is 179 Å². The number of carbonyl (C=O) groups is 1. The van der Waals surface area contributed by atoms with Gasteiger partial charge in [0.25, 0.3) is 11.5 Å². The third kappa shape index (κ3) is 4.46. The van der Waals surface area contributed by atoms with E-state index in [0.29, 0.717) is 17.8 Å². The molecule has 1 amide bonds. The average Bonchev–Trinajstić information content (AvgIpc) is 2.73. The molecule has 0 radical (unpaired) electrons. The van der Waals surface area contributed by atoms with Gasteiger partial charge < -0.3 is 9.30 Å². The standard InChI is InChI=1S/C23H23N5O3/c1-5-6-10-31-14-19(29)25-21-17(12-24)11-18-22(28(21)13-15(2)3)26-20-16(4)8-7-9-27(20)23(18)30/h5-11,15H,1,13-14H2,2-4H3/b10-6-,25-21?. The number of hydrogen-bond acceptors (Lipinski definition) is 5. The minimum atomic E-state index is -0.559. The highest BCUT2D eigenvalue weighted by Crippen LogP contribution is 2.14. The monoisotopic (exact) mass is 417 g/mol. The lowest BCUT2D eigenvalue weighted by molar-refractivity contribution is -0.120. The Morgan fingerprint density at radius 2 is 2.19 bits per heavy atom. The molecular weight excluding hydrogens is 394 g/mol. The highest BCUT2D eigenvalue weighted by atomic mass is 16.5. The molecule has 8 heteroatoms. The molecule has 3 aromatic heterocycles. The largest absolute Gasteiger partial charge is 0.491 e. The van der Waals surface area contributed by atoms with Crippen molar-refractivity contribution in [3.05, 3.63) is 76.4 Å². The second-order valence-corrected chi connectivity index (χ2v) is 7.42. The fraction of sp³-hybridized carbons (Fsp3) is 0.261. The van der Waals surface area contributed by atoms with Gasteiger partial charge in [0.1, 0.15) is 17.4 Å². The normalized spacial score (nSPS) is 12.0. The van der Waals surface area contributed by atoms with Gasteiger partial charge in [-0.3, -0.25) is 14.0 Å². The summed E-state index contributed by atoms with van der Waals surface area (Å²) in [7, 11) is 0. The smallest absolute Gasteiger partial charge is 0.285 e. The number of allylic oxidation sites excluding steroid dienone is 2. The summed E-state index contributed by atoms with van der Waals surface area (Å²) >= 11 is 0. The van der Waals surface area contributed by atoms with Crippen molar-refractivity contribution in [3.63, 3.8) is 0 Å². The second kappa shape index (κ2) is 9.22. The van der Waals surface area contributed by atoms with Crippen molar-refractivity contribution >= 4 is 22.6 Å². The van der Waals surface area contributed by atoms with Crippen molar-refractivity contribution < 1.29 is 9.53 Å². The van der Waals surface area contributed by atoms with E-state index < -0.39 is 5.91 Å². The molecule has 8 nitrogen and oxygen atoms in total. The van der Waals surface area contributed by atoms with E-state index in [1.165, 1.54) is 22.8 Å². The molecule has 3 rings (SSSR count). The summed E-state index contributed by atoms with van der Waals surface area (Å²) in [5.74, 6) is -0.411. The Morgan fingerprint density at radius 1 is 1.42 bits per heavy atom. The molecule has 3 heterocycles. The lowest BCUT2D eigenvalue weighted by Crippen LogP contribution is -2.31. The maximum Gasteiger partial charge on any atom is 0.285 e. The number of rotatable bonds is 6. The predicted molar refractivity (Wildman–Crippen MR) is 117 cm³/mol. The molecule has 31 heavy (non-hydrogen) atoms. The van der Waals surface area contributed by atoms with Crippen LogP contribution >= 0.6 is 0 Å². The van der Waals surface area contributed by atoms with Gasteiger partial charge in [-0.1, -0.05) is 32.6 Å². The highest BCUT2D eigenvalue weighted by Gasteiger charge is 2.16. The van der Waals surface area contributed by atoms with E-state index in [2.05, 4.69) is 17.6 Å². The molecule has 0 aromatic carbocycles. The van der Waals surface area contributed by atoms with E-state index in [4.69, 9.17) is 9.72 Å². The number of nitrogens with zero attached hydrogens (tertiary/aromatic N) is 5. The summed E-state index contributed by atoms with van der Waals surface area (Å²) < 4.78 is 8.26. The highest BCUT2D eigenvalue weighted by molar-refractivity contribution is 5.80. The van der Waals surface area contributed by atoms with Crippen LogP contribution < -0.4 is 11.0 Å². The summed E-state index contributed by atoms with van der Waals surface area (Å²) in [5, 5.41) is 10.0. The molecule has 0 fully saturated rings. The number of ether oxygens (including phenoxy) is 1. The van der Waals surface area contributed by atoms with Gasteiger partial charge in [-0.25, -0.2) is 4.98 Å². The minimum absolute atomic E-state index is 0.120. The van der Waals surface area contributed by atoms with Crippen molar-refractivity contribution in [1.82, 2.24) is 14.0 Å². The van der Waals surface area contributed by atoms with Crippen LogP contribution in [0, 0.1) is 24.2 Å². The average molecular weight is 417 g/mol. The fourth-order valence-corrected chi connectivity index (χ4v) is 3.21. The Balaban J connectivity index is 2.35. The molecule has 0 aliphatic rings. The van der Waals surface area contributed by atoms with E-state index >= 15 is 0 Å². The fourth-order valence-electron chi connectivity index (χ4n) is 3.21. The zero-order valence-corrected chi connectivity index (χ0v) is 17.7. The van der Waals surface area contributed by atoms with E-state index in [1.54, 1.807) is 22.9 Å². The molecule has 0 saturated carbocycles. The molecule has 3 aromatic rings. The van der Waals surface area contributed by atoms with Gasteiger partial charge in [0, 0.05) is 12.7 Å². The molecule has 0 aliphatic carbocycles. The first-order valence-electron chi connectivity index (χ1n) is 9.79. The van der Waals surface area contributed by atoms with E-state index in [9.17, 15) is 14.9 Å². The van der Waals surface area contributed by atoms with Gasteiger partial charge in [0.2, 0.25) is 0 Å². The molecular formula is C23H23N5O3. The van der Waals surface area contributed by atoms with Crippen LogP contribution in [0.3, 0.4) is 0 Å². The first-order valence-corrected chi connectivity index (χ1v) is 9.79. The number of carbonyl (C=O) groups excluding carboxylic acids is 1. The third-order valence-electron chi connectivity index (χ3n) is 4.52. The number of aromatic nitrogens is 3. The molecule has 0 aliphatic heterocycles. The quantitative estimate of drug-likeness (QED) is 0.349. The van der Waals surface area contributed by atoms with Crippen LogP contribution in [-0.4, -0.2) is 26.5 Å². The Kier molecular flexibility index (Phi) is 6.46. The zero-order chi connectivity index (χ0) is 22.5. The van der Waals surface area contributed by atoms with Crippen molar-refractivity contribution in [2.45, 2.75) is 27.3 Å². The minimum Gasteiger partial charge on any atom is -0.491 e. The van der Waals surface area contributed by atoms with Crippen molar-refractivity contribution in [2.75, 3.05) is 6.61 Å². The van der Waals surface area contributed by atoms with Gasteiger partial charge in [0.05, 0.1) is 17.2 Å². The summed E-state index contributed by atoms with van der Waals surface area (Å²) in [6.45, 7) is 9.50. The maximum atomic E-state index is 13.1. The number of amides is 1. The SMILES string of the molecule is C=C/C=C\OCC(=O)N=c1c(C#N)cc2c(=O)n3cccc(C)c3nc2n1CC(C)C. The summed E-state index contributed by atoms with van der Waals surface area (Å²) in [5.41, 5.74) is 1.72. The van der Waals surface area contributed by atoms with Gasteiger partial charge in [-0.15, -0.1) is 0 Å². The van der Waals surface area contributed by atoms with Crippen LogP contribution in [0.1, 0.15) is 25.0 Å². The second-order valence-electron chi connectivity index (χ2n) is 7.42. The van der Waals surface area contributed by atoms with Crippen molar-refractivity contribution in [3.8, 4) is 6.07 Å². The molecule has 0 N–H and O–H groups in total. The molecule has 0 saturated heterocycles. The van der Waals surface area contributed by atoms with Gasteiger partial charge >= 0.3 is 0 Å². The van der Waals surface area contributed by atoms with Crippen LogP contribution in [0.25, 0.3) is 16.7 Å². The van der Waals surface area contributed by atoms with Gasteiger partial charge in [-0.05, 0) is 36.6 Å². The first kappa shape index (κ1) is 21.7. The molecule has 0 bridgehead atoms. The first-order chi connectivity index (χ1) is 14.9. The number of aryl methyl sites for hydroxylation is 1. The van der Waals surface area contributed by atoms with Crippen molar-refractivity contribution in [2.24, 2.45) is 10.9 Å². The van der Waals surface area contributed by atoms with Crippen LogP contribution in [0.4, 0.5) is 0 Å². The molecule has 0 atom stereocenters. The number of nitriles is 1. The summed E-state index contributed by atoms with van der Waals surface area (Å²) in [4.78, 5) is 34.4. The summed E-state index contributed by atoms with van der Waals surface area (Å²) in [6, 6.07) is 7.14. The van der Waals surface area contributed by atoms with Gasteiger partial charge in [0.15, 0.2) is 12.1 Å². The Bertz CT molecular complexity index is 1370. The molecule has 0 unspecified atom stereocenters. The maximum absolute atomic E-state index is 13.1. The molecule has 0 spiro atoms. The topological polar surface area (TPSA) is 102 Å². The lowest BCUT2D eigenvalue weighted by atomic mass is 10.1. The van der Waals surface area contributed by atoms with Crippen LogP contribution in [0.5, 0.6) is 0 Å². The third-order valence-corrected chi connectivity index (χ3v) is 4.52. The van der Waals surface area contributed by atoms with E-state index in [1.807, 2.05) is 26.8 Å². The van der Waals surface area contributed by atoms with Crippen molar-refractivity contribution in [1.29, 1.82) is 5.26 Å². The Morgan fingerprint density at radius 3 is 2.87 bits per heavy atom. The van der Waals surface area contributed by atoms with Gasteiger partial charge in [-0.2, -0.15) is 10.3 Å².